The van der Waals surface area contributed by atoms with Gasteiger partial charge in [-0.3, -0.25) is 19.8 Å². The van der Waals surface area contributed by atoms with Gasteiger partial charge in [-0.2, -0.15) is 10.2 Å². The minimum atomic E-state index is -3.31. The number of hydrogen-bond acceptors (Lipinski definition) is 7. The number of carbonyl (C=O) groups is 2. The molecule has 0 atom stereocenters. The number of hydrogen-bond donors (Lipinski definition) is 6. The molecule has 0 radical (unpaired) electrons. The van der Waals surface area contributed by atoms with Crippen molar-refractivity contribution in [3.8, 4) is 22.8 Å². The first kappa shape index (κ1) is 36.4. The molecule has 15 heteroatoms. The van der Waals surface area contributed by atoms with Gasteiger partial charge in [0.05, 0.1) is 52.3 Å². The third-order valence-electron chi connectivity index (χ3n) is 12.3. The van der Waals surface area contributed by atoms with Crippen LogP contribution in [0.15, 0.2) is 36.7 Å². The van der Waals surface area contributed by atoms with Crippen molar-refractivity contribution in [3.63, 3.8) is 0 Å². The van der Waals surface area contributed by atoms with Gasteiger partial charge in [-0.25, -0.2) is 13.1 Å². The van der Waals surface area contributed by atoms with E-state index in [1.54, 1.807) is 4.90 Å². The molecule has 2 aromatic carbocycles. The lowest BCUT2D eigenvalue weighted by Gasteiger charge is -2.20. The number of fused-ring (bicyclic) bond motifs is 12. The summed E-state index contributed by atoms with van der Waals surface area (Å²) in [6, 6.07) is 8.51. The molecule has 0 spiro atoms. The molecular weight excluding hydrogens is 729 g/mol. The molecule has 4 aliphatic rings. The van der Waals surface area contributed by atoms with Crippen molar-refractivity contribution in [2.75, 3.05) is 42.2 Å². The standard InChI is InChI=1S/C21H25N5O3S.C20H23N5O/c1-21(2)15-10-16-14(9-17(15)26(20(21)27)8-7-23-30(3,28)29)13-6-4-5-12-11-22-25-18(12)19(13)24-16;1-20(2)14-9-15-13(8-16(14)25(7-6-21)19(20)26)12-5-3-4-11-10-22-24-17(11)18(12)23-15/h9-11,23-24H,4-8H2,1-3H3,(H,22,25);8-10,23H,3-7,21H2,1-2H3,(H,22,24). The van der Waals surface area contributed by atoms with E-state index in [-0.39, 0.29) is 18.4 Å². The third-order valence-corrected chi connectivity index (χ3v) is 13.0. The predicted molar refractivity (Wildman–Crippen MR) is 218 cm³/mol. The van der Waals surface area contributed by atoms with Crippen LogP contribution in [0.2, 0.25) is 0 Å². The largest absolute Gasteiger partial charge is 0.353 e. The summed E-state index contributed by atoms with van der Waals surface area (Å²) in [6.45, 7) is 9.33. The van der Waals surface area contributed by atoms with Crippen LogP contribution < -0.4 is 20.3 Å². The molecule has 14 nitrogen and oxygen atoms in total. The quantitative estimate of drug-likeness (QED) is 0.139. The molecule has 0 fully saturated rings. The van der Waals surface area contributed by atoms with Gasteiger partial charge in [0.15, 0.2) is 0 Å². The van der Waals surface area contributed by atoms with Crippen molar-refractivity contribution < 1.29 is 18.0 Å². The van der Waals surface area contributed by atoms with Crippen LogP contribution in [0.3, 0.4) is 0 Å². The molecular formula is C41H48N10O4S. The van der Waals surface area contributed by atoms with Gasteiger partial charge in [0.1, 0.15) is 0 Å². The van der Waals surface area contributed by atoms with Crippen molar-refractivity contribution >= 4 is 55.0 Å². The Kier molecular flexibility index (Phi) is 8.38. The normalized spacial score (nSPS) is 17.8. The Bertz CT molecular complexity index is 2700. The minimum absolute atomic E-state index is 0.0117. The molecule has 2 aliphatic carbocycles. The number of nitrogens with zero attached hydrogens (tertiary/aromatic N) is 4. The van der Waals surface area contributed by atoms with E-state index >= 15 is 0 Å². The van der Waals surface area contributed by atoms with Gasteiger partial charge in [0.25, 0.3) is 0 Å². The lowest BCUT2D eigenvalue weighted by atomic mass is 9.85. The van der Waals surface area contributed by atoms with Crippen molar-refractivity contribution in [2.45, 2.75) is 77.0 Å². The second-order valence-electron chi connectivity index (χ2n) is 16.7. The zero-order valence-electron chi connectivity index (χ0n) is 32.4. The maximum Gasteiger partial charge on any atom is 0.237 e. The summed E-state index contributed by atoms with van der Waals surface area (Å²) >= 11 is 0. The number of sulfonamides is 1. The summed E-state index contributed by atoms with van der Waals surface area (Å²) in [5.41, 5.74) is 20.0. The highest BCUT2D eigenvalue weighted by Gasteiger charge is 2.45. The van der Waals surface area contributed by atoms with Crippen molar-refractivity contribution in [1.82, 2.24) is 35.1 Å². The summed E-state index contributed by atoms with van der Waals surface area (Å²) < 4.78 is 25.4. The number of nitrogens with one attached hydrogen (secondary N) is 5. The Morgan fingerprint density at radius 3 is 1.62 bits per heavy atom. The Hall–Kier alpha value is -5.25. The van der Waals surface area contributed by atoms with Crippen LogP contribution in [-0.2, 0) is 56.1 Å². The molecule has 0 saturated carbocycles. The number of aryl methyl sites for hydroxylation is 4. The van der Waals surface area contributed by atoms with E-state index in [0.717, 1.165) is 106 Å². The van der Waals surface area contributed by atoms with Gasteiger partial charge in [-0.05, 0) is 124 Å². The zero-order valence-corrected chi connectivity index (χ0v) is 33.3. The fourth-order valence-electron chi connectivity index (χ4n) is 9.35. The van der Waals surface area contributed by atoms with E-state index in [2.05, 4.69) is 59.4 Å². The zero-order chi connectivity index (χ0) is 39.3. The number of rotatable bonds is 6. The molecule has 6 heterocycles. The summed E-state index contributed by atoms with van der Waals surface area (Å²) in [6.07, 6.45) is 11.1. The van der Waals surface area contributed by atoms with Crippen LogP contribution in [0.5, 0.6) is 0 Å². The van der Waals surface area contributed by atoms with Gasteiger partial charge in [-0.1, -0.05) is 0 Å². The van der Waals surface area contributed by atoms with Gasteiger partial charge in [-0.15, -0.1) is 0 Å². The summed E-state index contributed by atoms with van der Waals surface area (Å²) in [5, 5.41) is 17.1. The monoisotopic (exact) mass is 776 g/mol. The number of anilines is 2. The maximum absolute atomic E-state index is 13.1. The Morgan fingerprint density at radius 1 is 0.714 bits per heavy atom. The van der Waals surface area contributed by atoms with E-state index in [4.69, 9.17) is 5.73 Å². The van der Waals surface area contributed by atoms with Crippen molar-refractivity contribution in [1.29, 1.82) is 0 Å². The van der Waals surface area contributed by atoms with Gasteiger partial charge < -0.3 is 25.5 Å². The lowest BCUT2D eigenvalue weighted by Crippen LogP contribution is -2.40. The average Bonchev–Trinajstić information content (AvgIpc) is 3.97. The van der Waals surface area contributed by atoms with E-state index in [0.29, 0.717) is 19.6 Å². The molecule has 4 aromatic heterocycles. The Balaban J connectivity index is 0.000000148. The number of carbonyl (C=O) groups excluding carboxylic acids is 2. The molecule has 2 aliphatic heterocycles. The lowest BCUT2D eigenvalue weighted by molar-refractivity contribution is -0.122. The first-order valence-electron chi connectivity index (χ1n) is 19.4. The third kappa shape index (κ3) is 5.61. The van der Waals surface area contributed by atoms with Crippen LogP contribution in [0.1, 0.15) is 73.9 Å². The number of H-pyrrole nitrogens is 4. The molecule has 292 valence electrons. The second-order valence-corrected chi connectivity index (χ2v) is 18.5. The summed E-state index contributed by atoms with van der Waals surface area (Å²) in [4.78, 5) is 36.8. The van der Waals surface area contributed by atoms with E-state index < -0.39 is 20.9 Å². The first-order valence-corrected chi connectivity index (χ1v) is 21.3. The second kappa shape index (κ2) is 12.9. The molecule has 2 amide bonds. The molecule has 0 bridgehead atoms. The average molecular weight is 777 g/mol. The van der Waals surface area contributed by atoms with E-state index in [9.17, 15) is 18.0 Å². The SMILES string of the molecule is CC1(C)C(=O)N(CCN)c2cc3c4c([nH]c3cc21)-c1[nH]ncc1CCC4.CC1(C)C(=O)N(CCNS(C)(=O)=O)c2cc3c4c([nH]c3cc21)-c1[nH]ncc1CCC4. The van der Waals surface area contributed by atoms with Crippen LogP contribution in [0.25, 0.3) is 44.6 Å². The number of aromatic nitrogens is 6. The van der Waals surface area contributed by atoms with Gasteiger partial charge >= 0.3 is 0 Å². The molecule has 0 saturated heterocycles. The van der Waals surface area contributed by atoms with Crippen molar-refractivity contribution in [3.05, 3.63) is 70.0 Å². The van der Waals surface area contributed by atoms with Crippen molar-refractivity contribution in [2.24, 2.45) is 5.73 Å². The number of nitrogens with two attached hydrogens (primary N) is 1. The van der Waals surface area contributed by atoms with Crippen LogP contribution in [0, 0.1) is 0 Å². The summed E-state index contributed by atoms with van der Waals surface area (Å²) in [7, 11) is -3.31. The highest BCUT2D eigenvalue weighted by atomic mass is 32.2. The number of aromatic amines is 4. The number of amides is 2. The Morgan fingerprint density at radius 2 is 1.18 bits per heavy atom. The highest BCUT2D eigenvalue weighted by molar-refractivity contribution is 7.88. The van der Waals surface area contributed by atoms with Crippen LogP contribution in [-0.4, -0.2) is 83.0 Å². The molecule has 0 unspecified atom stereocenters. The minimum Gasteiger partial charge on any atom is -0.353 e. The molecule has 56 heavy (non-hydrogen) atoms. The van der Waals surface area contributed by atoms with Gasteiger partial charge in [0, 0.05) is 59.4 Å². The predicted octanol–water partition coefficient (Wildman–Crippen LogP) is 4.85. The smallest absolute Gasteiger partial charge is 0.237 e. The van der Waals surface area contributed by atoms with Crippen LogP contribution in [0.4, 0.5) is 11.4 Å². The van der Waals surface area contributed by atoms with Crippen LogP contribution >= 0.6 is 0 Å². The molecule has 10 rings (SSSR count). The fourth-order valence-corrected chi connectivity index (χ4v) is 9.81. The first-order chi connectivity index (χ1) is 26.7. The fraction of sp³-hybridized carbons (Fsp3) is 0.415. The van der Waals surface area contributed by atoms with E-state index in [1.165, 1.54) is 27.6 Å². The highest BCUT2D eigenvalue weighted by Crippen LogP contribution is 2.47. The number of benzene rings is 2. The maximum atomic E-state index is 13.1. The van der Waals surface area contributed by atoms with Gasteiger partial charge in [0.2, 0.25) is 21.8 Å². The molecule has 6 aromatic rings. The molecule has 7 N–H and O–H groups in total. The topological polar surface area (TPSA) is 202 Å². The Labute approximate surface area is 325 Å². The van der Waals surface area contributed by atoms with E-state index in [1.807, 2.05) is 45.0 Å². The summed E-state index contributed by atoms with van der Waals surface area (Å²) in [5.74, 6) is 0.120.